The molecule has 4 N–H and O–H groups in total. The molecule has 0 heterocycles. The van der Waals surface area contributed by atoms with Gasteiger partial charge in [-0.25, -0.2) is 0 Å². The van der Waals surface area contributed by atoms with Gasteiger partial charge in [0.05, 0.1) is 11.8 Å². The molecule has 4 atom stereocenters. The third-order valence-corrected chi connectivity index (χ3v) is 4.81. The summed E-state index contributed by atoms with van der Waals surface area (Å²) in [6.07, 6.45) is 4.37. The van der Waals surface area contributed by atoms with Gasteiger partial charge in [0.15, 0.2) is 0 Å². The molecular weight excluding hydrogens is 338 g/mol. The van der Waals surface area contributed by atoms with E-state index in [-0.39, 0.29) is 17.7 Å². The fraction of sp³-hybridized carbons (Fsp3) is 0.333. The molecule has 136 valence electrons. The number of carbonyl (C=O) groups is 4. The van der Waals surface area contributed by atoms with Crippen molar-refractivity contribution in [2.24, 2.45) is 23.7 Å². The van der Waals surface area contributed by atoms with Crippen molar-refractivity contribution in [3.05, 3.63) is 42.0 Å². The maximum atomic E-state index is 12.4. The largest absolute Gasteiger partial charge is 0.481 e. The van der Waals surface area contributed by atoms with Crippen molar-refractivity contribution in [3.63, 3.8) is 0 Å². The number of allylic oxidation sites excluding steroid dienone is 2. The number of benzene rings is 1. The number of hydrogen-bond acceptors (Lipinski definition) is 4. The van der Waals surface area contributed by atoms with Gasteiger partial charge in [-0.15, -0.1) is 0 Å². The topological polar surface area (TPSA) is 125 Å². The molecule has 0 aliphatic heterocycles. The molecular formula is C18H19N3O5. The van der Waals surface area contributed by atoms with Crippen LogP contribution in [0.2, 0.25) is 0 Å². The summed E-state index contributed by atoms with van der Waals surface area (Å²) in [6, 6.07) is 6.15. The van der Waals surface area contributed by atoms with E-state index in [0.717, 1.165) is 0 Å². The van der Waals surface area contributed by atoms with Crippen molar-refractivity contribution in [2.75, 3.05) is 5.32 Å². The van der Waals surface area contributed by atoms with Crippen LogP contribution in [-0.4, -0.2) is 28.8 Å². The number of carbonyl (C=O) groups excluding carboxylic acids is 3. The lowest BCUT2D eigenvalue weighted by Gasteiger charge is -2.23. The molecule has 26 heavy (non-hydrogen) atoms. The molecule has 0 aromatic heterocycles. The maximum Gasteiger partial charge on any atom is 0.307 e. The van der Waals surface area contributed by atoms with Crippen LogP contribution in [0.1, 0.15) is 23.7 Å². The van der Waals surface area contributed by atoms with Crippen LogP contribution in [0.15, 0.2) is 36.4 Å². The summed E-state index contributed by atoms with van der Waals surface area (Å²) in [7, 11) is 0. The predicted octanol–water partition coefficient (Wildman–Crippen LogP) is 0.929. The number of aliphatic carboxylic acids is 1. The van der Waals surface area contributed by atoms with Crippen molar-refractivity contribution in [3.8, 4) is 0 Å². The lowest BCUT2D eigenvalue weighted by atomic mass is 9.82. The summed E-state index contributed by atoms with van der Waals surface area (Å²) in [5, 5.41) is 12.0. The van der Waals surface area contributed by atoms with Crippen LogP contribution in [0.4, 0.5) is 5.69 Å². The SMILES string of the molecule is CC(=O)Nc1ccc(C(=O)NNC(=O)[C@H]2[C@H](C(=O)O)[C@H]3C=C[C@H]2C3)cc1. The smallest absolute Gasteiger partial charge is 0.307 e. The van der Waals surface area contributed by atoms with E-state index in [9.17, 15) is 24.3 Å². The van der Waals surface area contributed by atoms with Crippen LogP contribution in [0.3, 0.4) is 0 Å². The van der Waals surface area contributed by atoms with Crippen molar-refractivity contribution in [1.82, 2.24) is 10.9 Å². The Morgan fingerprint density at radius 2 is 1.58 bits per heavy atom. The van der Waals surface area contributed by atoms with Gasteiger partial charge in [0.2, 0.25) is 11.8 Å². The molecule has 1 aromatic carbocycles. The number of amides is 3. The van der Waals surface area contributed by atoms with Gasteiger partial charge in [-0.1, -0.05) is 12.2 Å². The van der Waals surface area contributed by atoms with E-state index in [4.69, 9.17) is 0 Å². The minimum atomic E-state index is -0.998. The molecule has 2 aliphatic rings. The minimum absolute atomic E-state index is 0.116. The summed E-state index contributed by atoms with van der Waals surface area (Å²) in [5.74, 6) is -3.95. The Hall–Kier alpha value is -3.16. The van der Waals surface area contributed by atoms with Gasteiger partial charge < -0.3 is 10.4 Å². The summed E-state index contributed by atoms with van der Waals surface area (Å²) in [4.78, 5) is 46.9. The second-order valence-corrected chi connectivity index (χ2v) is 6.54. The molecule has 2 bridgehead atoms. The number of hydrazine groups is 1. The third-order valence-electron chi connectivity index (χ3n) is 4.81. The van der Waals surface area contributed by atoms with Crippen LogP contribution in [0, 0.1) is 23.7 Å². The zero-order chi connectivity index (χ0) is 18.8. The fourth-order valence-electron chi connectivity index (χ4n) is 3.70. The Labute approximate surface area is 149 Å². The highest BCUT2D eigenvalue weighted by Gasteiger charge is 2.51. The minimum Gasteiger partial charge on any atom is -0.481 e. The molecule has 2 aliphatic carbocycles. The number of nitrogens with one attached hydrogen (secondary N) is 3. The van der Waals surface area contributed by atoms with Crippen molar-refractivity contribution in [1.29, 1.82) is 0 Å². The first kappa shape index (κ1) is 17.7. The number of rotatable bonds is 4. The molecule has 8 nitrogen and oxygen atoms in total. The molecule has 0 saturated heterocycles. The summed E-state index contributed by atoms with van der Waals surface area (Å²) >= 11 is 0. The molecule has 3 amide bonds. The maximum absolute atomic E-state index is 12.4. The van der Waals surface area contributed by atoms with E-state index in [1.807, 2.05) is 12.2 Å². The van der Waals surface area contributed by atoms with Crippen LogP contribution >= 0.6 is 0 Å². The molecule has 0 radical (unpaired) electrons. The van der Waals surface area contributed by atoms with E-state index < -0.39 is 29.6 Å². The summed E-state index contributed by atoms with van der Waals surface area (Å²) in [6.45, 7) is 1.38. The van der Waals surface area contributed by atoms with Gasteiger partial charge in [0.25, 0.3) is 5.91 Å². The molecule has 1 saturated carbocycles. The molecule has 0 unspecified atom stereocenters. The molecule has 3 rings (SSSR count). The summed E-state index contributed by atoms with van der Waals surface area (Å²) in [5.41, 5.74) is 5.49. The molecule has 1 fully saturated rings. The predicted molar refractivity (Wildman–Crippen MR) is 91.7 cm³/mol. The van der Waals surface area contributed by atoms with E-state index >= 15 is 0 Å². The van der Waals surface area contributed by atoms with Crippen molar-refractivity contribution in [2.45, 2.75) is 13.3 Å². The highest BCUT2D eigenvalue weighted by atomic mass is 16.4. The zero-order valence-electron chi connectivity index (χ0n) is 14.1. The third kappa shape index (κ3) is 3.44. The number of hydrogen-bond donors (Lipinski definition) is 4. The van der Waals surface area contributed by atoms with Crippen LogP contribution in [0.5, 0.6) is 0 Å². The number of carboxylic acid groups (broad SMARTS) is 1. The highest BCUT2D eigenvalue weighted by molar-refractivity contribution is 5.97. The Kier molecular flexibility index (Phi) is 4.75. The second-order valence-electron chi connectivity index (χ2n) is 6.54. The summed E-state index contributed by atoms with van der Waals surface area (Å²) < 4.78 is 0. The monoisotopic (exact) mass is 357 g/mol. The average molecular weight is 357 g/mol. The second kappa shape index (κ2) is 6.99. The van der Waals surface area contributed by atoms with E-state index in [1.165, 1.54) is 19.1 Å². The Balaban J connectivity index is 1.59. The average Bonchev–Trinajstić information content (AvgIpc) is 3.20. The van der Waals surface area contributed by atoms with Crippen LogP contribution in [0.25, 0.3) is 0 Å². The van der Waals surface area contributed by atoms with Crippen LogP contribution < -0.4 is 16.2 Å². The molecule has 1 aromatic rings. The van der Waals surface area contributed by atoms with Gasteiger partial charge in [0.1, 0.15) is 0 Å². The number of fused-ring (bicyclic) bond motifs is 2. The standard InChI is InChI=1S/C18H19N3O5/c1-9(22)19-13-6-4-10(5-7-13)16(23)20-21-17(24)14-11-2-3-12(8-11)15(14)18(25)26/h2-7,11-12,14-15H,8H2,1H3,(H,19,22)(H,20,23)(H,21,24)(H,25,26)/t11-,12-,14+,15+/m0/s1. The quantitative estimate of drug-likeness (QED) is 0.471. The lowest BCUT2D eigenvalue weighted by Crippen LogP contribution is -2.48. The van der Waals surface area contributed by atoms with Gasteiger partial charge in [0, 0.05) is 18.2 Å². The molecule has 0 spiro atoms. The number of anilines is 1. The van der Waals surface area contributed by atoms with Gasteiger partial charge in [-0.05, 0) is 42.5 Å². The zero-order valence-corrected chi connectivity index (χ0v) is 14.1. The number of carboxylic acids is 1. The first-order valence-electron chi connectivity index (χ1n) is 8.26. The lowest BCUT2D eigenvalue weighted by molar-refractivity contribution is -0.148. The molecule has 8 heteroatoms. The van der Waals surface area contributed by atoms with Crippen molar-refractivity contribution >= 4 is 29.4 Å². The Morgan fingerprint density at radius 3 is 2.15 bits per heavy atom. The van der Waals surface area contributed by atoms with E-state index in [2.05, 4.69) is 16.2 Å². The first-order chi connectivity index (χ1) is 12.4. The normalized spacial score (nSPS) is 25.6. The van der Waals surface area contributed by atoms with Gasteiger partial charge in [-0.3, -0.25) is 30.0 Å². The first-order valence-corrected chi connectivity index (χ1v) is 8.26. The Bertz CT molecular complexity index is 787. The van der Waals surface area contributed by atoms with Crippen LogP contribution in [-0.2, 0) is 14.4 Å². The highest BCUT2D eigenvalue weighted by Crippen LogP contribution is 2.48. The van der Waals surface area contributed by atoms with E-state index in [1.54, 1.807) is 12.1 Å². The van der Waals surface area contributed by atoms with Gasteiger partial charge >= 0.3 is 5.97 Å². The Morgan fingerprint density at radius 1 is 0.962 bits per heavy atom. The van der Waals surface area contributed by atoms with E-state index in [0.29, 0.717) is 17.7 Å². The van der Waals surface area contributed by atoms with Gasteiger partial charge in [-0.2, -0.15) is 0 Å². The fourth-order valence-corrected chi connectivity index (χ4v) is 3.70. The van der Waals surface area contributed by atoms with Crippen molar-refractivity contribution < 1.29 is 24.3 Å².